The van der Waals surface area contributed by atoms with E-state index in [4.69, 9.17) is 23.2 Å². The molecule has 4 heterocycles. The molecule has 0 spiro atoms. The number of fused-ring (bicyclic) bond motifs is 1. The molecule has 23 heavy (non-hydrogen) atoms. The van der Waals surface area contributed by atoms with E-state index < -0.39 is 0 Å². The summed E-state index contributed by atoms with van der Waals surface area (Å²) < 4.78 is 1.69. The van der Waals surface area contributed by atoms with E-state index in [1.165, 1.54) is 0 Å². The Morgan fingerprint density at radius 1 is 0.957 bits per heavy atom. The number of piperazine rings is 1. The maximum Gasteiger partial charge on any atom is 0.199 e. The molecular formula is C13H12Cl2N8. The Bertz CT molecular complexity index is 843. The molecule has 0 bridgehead atoms. The highest BCUT2D eigenvalue weighted by molar-refractivity contribution is 6.36. The third-order valence-electron chi connectivity index (χ3n) is 3.78. The quantitative estimate of drug-likeness (QED) is 0.693. The molecule has 0 N–H and O–H groups in total. The lowest BCUT2D eigenvalue weighted by atomic mass is 10.3. The van der Waals surface area contributed by atoms with E-state index >= 15 is 0 Å². The van der Waals surface area contributed by atoms with E-state index in [-0.39, 0.29) is 0 Å². The van der Waals surface area contributed by atoms with E-state index in [9.17, 15) is 0 Å². The molecule has 1 aliphatic heterocycles. The summed E-state index contributed by atoms with van der Waals surface area (Å²) in [5.74, 6) is 1.64. The predicted molar refractivity (Wildman–Crippen MR) is 87.3 cm³/mol. The summed E-state index contributed by atoms with van der Waals surface area (Å²) in [4.78, 5) is 12.9. The van der Waals surface area contributed by atoms with Gasteiger partial charge in [0.25, 0.3) is 0 Å². The monoisotopic (exact) mass is 350 g/mol. The van der Waals surface area contributed by atoms with Crippen LogP contribution >= 0.6 is 23.2 Å². The number of nitrogens with zero attached hydrogens (tertiary/aromatic N) is 8. The maximum absolute atomic E-state index is 6.24. The van der Waals surface area contributed by atoms with Crippen molar-refractivity contribution in [3.8, 4) is 0 Å². The Kier molecular flexibility index (Phi) is 3.62. The molecule has 0 aliphatic carbocycles. The first-order valence-electron chi connectivity index (χ1n) is 7.05. The largest absolute Gasteiger partial charge is 0.352 e. The number of rotatable bonds is 2. The fourth-order valence-corrected chi connectivity index (χ4v) is 3.17. The van der Waals surface area contributed by atoms with Crippen LogP contribution in [0.3, 0.4) is 0 Å². The Labute approximate surface area is 141 Å². The first-order valence-corrected chi connectivity index (χ1v) is 7.81. The molecule has 0 amide bonds. The number of hydrogen-bond donors (Lipinski definition) is 0. The third kappa shape index (κ3) is 2.64. The average molecular weight is 351 g/mol. The molecule has 0 atom stereocenters. The van der Waals surface area contributed by atoms with Gasteiger partial charge in [0.05, 0.1) is 22.4 Å². The van der Waals surface area contributed by atoms with Gasteiger partial charge in [-0.2, -0.15) is 4.52 Å². The van der Waals surface area contributed by atoms with Gasteiger partial charge in [0.2, 0.25) is 0 Å². The highest BCUT2D eigenvalue weighted by Gasteiger charge is 2.22. The van der Waals surface area contributed by atoms with Gasteiger partial charge >= 0.3 is 0 Å². The molecule has 4 rings (SSSR count). The number of halogens is 2. The molecule has 0 aromatic carbocycles. The summed E-state index contributed by atoms with van der Waals surface area (Å²) in [6, 6.07) is 1.71. The van der Waals surface area contributed by atoms with Crippen molar-refractivity contribution in [1.82, 2.24) is 30.0 Å². The van der Waals surface area contributed by atoms with Gasteiger partial charge in [-0.25, -0.2) is 4.98 Å². The standard InChI is InChI=1S/C13H12Cl2N8/c14-9-5-10(15)13(17-6-9)22-3-1-21(2-4-22)12-8-16-7-11-18-19-20-23(11)12/h5-8H,1-4H2. The Hall–Kier alpha value is -2.19. The summed E-state index contributed by atoms with van der Waals surface area (Å²) >= 11 is 12.1. The van der Waals surface area contributed by atoms with E-state index in [2.05, 4.69) is 35.3 Å². The fourth-order valence-electron chi connectivity index (χ4n) is 2.67. The summed E-state index contributed by atoms with van der Waals surface area (Å²) in [5.41, 5.74) is 0.632. The molecule has 0 radical (unpaired) electrons. The first kappa shape index (κ1) is 14.4. The van der Waals surface area contributed by atoms with Crippen molar-refractivity contribution in [2.45, 2.75) is 0 Å². The van der Waals surface area contributed by atoms with Crippen molar-refractivity contribution in [3.63, 3.8) is 0 Å². The zero-order valence-electron chi connectivity index (χ0n) is 12.0. The molecule has 10 heteroatoms. The molecule has 1 fully saturated rings. The van der Waals surface area contributed by atoms with Crippen LogP contribution < -0.4 is 9.80 Å². The van der Waals surface area contributed by atoms with E-state index in [1.807, 2.05) is 0 Å². The van der Waals surface area contributed by atoms with Crippen LogP contribution in [0.5, 0.6) is 0 Å². The van der Waals surface area contributed by atoms with Crippen molar-refractivity contribution < 1.29 is 0 Å². The smallest absolute Gasteiger partial charge is 0.199 e. The van der Waals surface area contributed by atoms with Crippen molar-refractivity contribution in [2.75, 3.05) is 36.0 Å². The second kappa shape index (κ2) is 5.78. The topological polar surface area (TPSA) is 75.3 Å². The lowest BCUT2D eigenvalue weighted by molar-refractivity contribution is 0.630. The van der Waals surface area contributed by atoms with Gasteiger partial charge in [-0.3, -0.25) is 4.98 Å². The zero-order valence-corrected chi connectivity index (χ0v) is 13.5. The Morgan fingerprint density at radius 3 is 2.52 bits per heavy atom. The van der Waals surface area contributed by atoms with Crippen LogP contribution in [0.2, 0.25) is 10.0 Å². The maximum atomic E-state index is 6.24. The van der Waals surface area contributed by atoms with Gasteiger partial charge in [-0.05, 0) is 16.5 Å². The second-order valence-corrected chi connectivity index (χ2v) is 5.99. The van der Waals surface area contributed by atoms with Crippen molar-refractivity contribution in [2.24, 2.45) is 0 Å². The third-order valence-corrected chi connectivity index (χ3v) is 4.27. The summed E-state index contributed by atoms with van der Waals surface area (Å²) in [7, 11) is 0. The Morgan fingerprint density at radius 2 is 1.74 bits per heavy atom. The van der Waals surface area contributed by atoms with Gasteiger partial charge in [-0.15, -0.1) is 5.10 Å². The van der Waals surface area contributed by atoms with Crippen LogP contribution in [0.15, 0.2) is 24.7 Å². The van der Waals surface area contributed by atoms with Gasteiger partial charge in [-0.1, -0.05) is 23.2 Å². The van der Waals surface area contributed by atoms with E-state index in [0.717, 1.165) is 37.8 Å². The van der Waals surface area contributed by atoms with Crippen LogP contribution in [-0.4, -0.2) is 56.2 Å². The number of hydrogen-bond acceptors (Lipinski definition) is 7. The lowest BCUT2D eigenvalue weighted by Gasteiger charge is -2.36. The molecule has 3 aromatic rings. The average Bonchev–Trinajstić information content (AvgIpc) is 3.04. The number of anilines is 2. The van der Waals surface area contributed by atoms with Gasteiger partial charge in [0, 0.05) is 32.4 Å². The molecule has 3 aromatic heterocycles. The predicted octanol–water partition coefficient (Wildman–Crippen LogP) is 1.55. The first-order chi connectivity index (χ1) is 11.2. The van der Waals surface area contributed by atoms with Crippen LogP contribution in [0.25, 0.3) is 5.65 Å². The molecule has 0 saturated carbocycles. The molecular weight excluding hydrogens is 339 g/mol. The highest BCUT2D eigenvalue weighted by atomic mass is 35.5. The minimum Gasteiger partial charge on any atom is -0.352 e. The molecule has 1 saturated heterocycles. The fraction of sp³-hybridized carbons (Fsp3) is 0.308. The number of pyridine rings is 1. The highest BCUT2D eigenvalue weighted by Crippen LogP contribution is 2.27. The van der Waals surface area contributed by atoms with Gasteiger partial charge < -0.3 is 9.80 Å². The lowest BCUT2D eigenvalue weighted by Crippen LogP contribution is -2.47. The second-order valence-electron chi connectivity index (χ2n) is 5.15. The molecule has 8 nitrogen and oxygen atoms in total. The van der Waals surface area contributed by atoms with Crippen LogP contribution in [0.1, 0.15) is 0 Å². The number of tetrazole rings is 1. The molecule has 1 aliphatic rings. The van der Waals surface area contributed by atoms with E-state index in [0.29, 0.717) is 15.7 Å². The summed E-state index contributed by atoms with van der Waals surface area (Å²) in [6.45, 7) is 3.16. The minimum absolute atomic E-state index is 0.536. The molecule has 118 valence electrons. The van der Waals surface area contributed by atoms with Gasteiger partial charge in [0.1, 0.15) is 5.82 Å². The zero-order chi connectivity index (χ0) is 15.8. The molecule has 0 unspecified atom stereocenters. The van der Waals surface area contributed by atoms with Crippen LogP contribution in [0, 0.1) is 0 Å². The summed E-state index contributed by atoms with van der Waals surface area (Å²) in [5, 5.41) is 12.7. The van der Waals surface area contributed by atoms with Crippen molar-refractivity contribution in [1.29, 1.82) is 0 Å². The van der Waals surface area contributed by atoms with Crippen molar-refractivity contribution in [3.05, 3.63) is 34.7 Å². The summed E-state index contributed by atoms with van der Waals surface area (Å²) in [6.07, 6.45) is 5.02. The normalized spacial score (nSPS) is 15.4. The Balaban J connectivity index is 1.54. The van der Waals surface area contributed by atoms with Crippen LogP contribution in [0.4, 0.5) is 11.6 Å². The number of aromatic nitrogens is 6. The van der Waals surface area contributed by atoms with Crippen molar-refractivity contribution >= 4 is 40.5 Å². The van der Waals surface area contributed by atoms with Gasteiger partial charge in [0.15, 0.2) is 11.5 Å². The SMILES string of the molecule is Clc1cnc(N2CCN(c3cncc4nnnn34)CC2)c(Cl)c1. The van der Waals surface area contributed by atoms with Crippen LogP contribution in [-0.2, 0) is 0 Å². The van der Waals surface area contributed by atoms with E-state index in [1.54, 1.807) is 29.2 Å². The minimum atomic E-state index is 0.536.